The third-order valence-corrected chi connectivity index (χ3v) is 6.57. The van der Waals surface area contributed by atoms with Crippen LogP contribution in [0.2, 0.25) is 5.02 Å². The second kappa shape index (κ2) is 7.72. The number of hydrogen-bond donors (Lipinski definition) is 1. The zero-order valence-corrected chi connectivity index (χ0v) is 14.4. The number of hydrogen-bond acceptors (Lipinski definition) is 4. The maximum absolute atomic E-state index is 12.3. The van der Waals surface area contributed by atoms with Gasteiger partial charge in [-0.2, -0.15) is 11.8 Å². The summed E-state index contributed by atoms with van der Waals surface area (Å²) in [5.74, 6) is 1.09. The molecule has 0 radical (unpaired) electrons. The molecule has 0 atom stereocenters. The minimum atomic E-state index is -3.59. The van der Waals surface area contributed by atoms with E-state index in [4.69, 9.17) is 16.3 Å². The van der Waals surface area contributed by atoms with Crippen molar-refractivity contribution in [1.29, 1.82) is 0 Å². The van der Waals surface area contributed by atoms with Gasteiger partial charge in [0.1, 0.15) is 10.6 Å². The quantitative estimate of drug-likeness (QED) is 0.767. The van der Waals surface area contributed by atoms with Gasteiger partial charge in [-0.25, -0.2) is 13.1 Å². The minimum absolute atomic E-state index is 0.0865. The van der Waals surface area contributed by atoms with Crippen LogP contribution < -0.4 is 9.46 Å². The van der Waals surface area contributed by atoms with E-state index in [2.05, 4.69) is 4.72 Å². The zero-order chi connectivity index (χ0) is 15.3. The van der Waals surface area contributed by atoms with E-state index in [1.807, 2.05) is 11.8 Å². The van der Waals surface area contributed by atoms with Gasteiger partial charge >= 0.3 is 0 Å². The topological polar surface area (TPSA) is 55.4 Å². The lowest BCUT2D eigenvalue weighted by atomic mass is 10.3. The Morgan fingerprint density at radius 1 is 1.38 bits per heavy atom. The highest BCUT2D eigenvalue weighted by Gasteiger charge is 2.20. The van der Waals surface area contributed by atoms with Crippen molar-refractivity contribution in [3.63, 3.8) is 0 Å². The third kappa shape index (κ3) is 4.77. The van der Waals surface area contributed by atoms with Crippen LogP contribution in [-0.2, 0) is 10.0 Å². The maximum Gasteiger partial charge on any atom is 0.244 e. The van der Waals surface area contributed by atoms with Gasteiger partial charge < -0.3 is 4.74 Å². The summed E-state index contributed by atoms with van der Waals surface area (Å²) >= 11 is 7.72. The first-order chi connectivity index (χ1) is 10.0. The molecule has 1 aliphatic rings. The van der Waals surface area contributed by atoms with Gasteiger partial charge in [-0.15, -0.1) is 0 Å². The Balaban J connectivity index is 1.93. The Morgan fingerprint density at radius 3 is 2.76 bits per heavy atom. The number of halogens is 1. The first-order valence-electron chi connectivity index (χ1n) is 6.98. The molecule has 21 heavy (non-hydrogen) atoms. The lowest BCUT2D eigenvalue weighted by Crippen LogP contribution is -2.26. The molecule has 0 aromatic heterocycles. The van der Waals surface area contributed by atoms with Gasteiger partial charge in [0.15, 0.2) is 0 Å². The van der Waals surface area contributed by atoms with Crippen molar-refractivity contribution in [3.8, 4) is 5.75 Å². The Hall–Kier alpha value is -0.430. The molecule has 118 valence electrons. The molecular formula is C14H20ClNO3S2. The molecule has 0 unspecified atom stereocenters. The first kappa shape index (κ1) is 16.9. The fourth-order valence-electron chi connectivity index (χ4n) is 2.39. The van der Waals surface area contributed by atoms with Crippen molar-refractivity contribution in [1.82, 2.24) is 4.72 Å². The third-order valence-electron chi connectivity index (χ3n) is 3.47. The fourth-order valence-corrected chi connectivity index (χ4v) is 5.21. The van der Waals surface area contributed by atoms with Crippen LogP contribution in [0.4, 0.5) is 0 Å². The van der Waals surface area contributed by atoms with Crippen LogP contribution in [-0.4, -0.2) is 33.1 Å². The second-order valence-corrected chi connectivity index (χ2v) is 8.55. The largest absolute Gasteiger partial charge is 0.495 e. The Kier molecular flexibility index (Phi) is 6.22. The highest BCUT2D eigenvalue weighted by atomic mass is 35.5. The predicted molar refractivity (Wildman–Crippen MR) is 87.9 cm³/mol. The normalized spacial score (nSPS) is 16.3. The van der Waals surface area contributed by atoms with Gasteiger partial charge in [-0.3, -0.25) is 0 Å². The Bertz CT molecular complexity index is 572. The van der Waals surface area contributed by atoms with E-state index in [0.29, 0.717) is 22.6 Å². The van der Waals surface area contributed by atoms with Crippen LogP contribution in [0.25, 0.3) is 0 Å². The number of rotatable bonds is 7. The van der Waals surface area contributed by atoms with Crippen molar-refractivity contribution in [2.45, 2.75) is 35.8 Å². The summed E-state index contributed by atoms with van der Waals surface area (Å²) in [6, 6.07) is 4.58. The van der Waals surface area contributed by atoms with E-state index in [9.17, 15) is 8.42 Å². The van der Waals surface area contributed by atoms with Crippen LogP contribution in [0.3, 0.4) is 0 Å². The molecule has 0 bridgehead atoms. The summed E-state index contributed by atoms with van der Waals surface area (Å²) < 4.78 is 32.3. The Morgan fingerprint density at radius 2 is 2.10 bits per heavy atom. The molecule has 0 heterocycles. The standard InChI is InChI=1S/C14H20ClNO3S2/c1-19-13-7-6-11(15)10-14(13)21(17,18)16-8-9-20-12-4-2-3-5-12/h6-7,10,12,16H,2-5,8-9H2,1H3. The lowest BCUT2D eigenvalue weighted by Gasteiger charge is -2.12. The molecule has 1 saturated carbocycles. The number of thioether (sulfide) groups is 1. The zero-order valence-electron chi connectivity index (χ0n) is 12.0. The smallest absolute Gasteiger partial charge is 0.244 e. The average molecular weight is 350 g/mol. The fraction of sp³-hybridized carbons (Fsp3) is 0.571. The van der Waals surface area contributed by atoms with Crippen LogP contribution in [0, 0.1) is 0 Å². The molecule has 2 rings (SSSR count). The SMILES string of the molecule is COc1ccc(Cl)cc1S(=O)(=O)NCCSC1CCCC1. The summed E-state index contributed by atoms with van der Waals surface area (Å²) in [7, 11) is -2.15. The molecule has 1 aromatic rings. The van der Waals surface area contributed by atoms with Crippen LogP contribution in [0.5, 0.6) is 5.75 Å². The predicted octanol–water partition coefficient (Wildman–Crippen LogP) is 3.30. The number of methoxy groups -OCH3 is 1. The number of sulfonamides is 1. The summed E-state index contributed by atoms with van der Waals surface area (Å²) in [6.07, 6.45) is 5.09. The van der Waals surface area contributed by atoms with Gasteiger partial charge in [0.25, 0.3) is 0 Å². The van der Waals surface area contributed by atoms with Gasteiger partial charge in [0, 0.05) is 22.6 Å². The second-order valence-electron chi connectivity index (χ2n) is 4.97. The summed E-state index contributed by atoms with van der Waals surface area (Å²) in [5, 5.41) is 1.06. The van der Waals surface area contributed by atoms with Crippen LogP contribution >= 0.6 is 23.4 Å². The summed E-state index contributed by atoms with van der Waals surface area (Å²) in [5.41, 5.74) is 0. The van der Waals surface area contributed by atoms with Gasteiger partial charge in [-0.1, -0.05) is 24.4 Å². The molecule has 0 aliphatic heterocycles. The van der Waals surface area contributed by atoms with E-state index in [1.165, 1.54) is 38.9 Å². The van der Waals surface area contributed by atoms with E-state index in [1.54, 1.807) is 12.1 Å². The molecular weight excluding hydrogens is 330 g/mol. The van der Waals surface area contributed by atoms with Gasteiger partial charge in [-0.05, 0) is 31.0 Å². The van der Waals surface area contributed by atoms with Crippen molar-refractivity contribution in [3.05, 3.63) is 23.2 Å². The Labute approximate surface area is 135 Å². The van der Waals surface area contributed by atoms with Crippen LogP contribution in [0.15, 0.2) is 23.1 Å². The van der Waals surface area contributed by atoms with Crippen LogP contribution in [0.1, 0.15) is 25.7 Å². The highest BCUT2D eigenvalue weighted by molar-refractivity contribution is 8.00. The molecule has 4 nitrogen and oxygen atoms in total. The van der Waals surface area contributed by atoms with Gasteiger partial charge in [0.05, 0.1) is 7.11 Å². The number of ether oxygens (including phenoxy) is 1. The van der Waals surface area contributed by atoms with Crippen molar-refractivity contribution < 1.29 is 13.2 Å². The molecule has 1 aromatic carbocycles. The lowest BCUT2D eigenvalue weighted by molar-refractivity contribution is 0.402. The highest BCUT2D eigenvalue weighted by Crippen LogP contribution is 2.29. The molecule has 1 fully saturated rings. The van der Waals surface area contributed by atoms with E-state index in [-0.39, 0.29) is 4.90 Å². The van der Waals surface area contributed by atoms with Crippen molar-refractivity contribution in [2.75, 3.05) is 19.4 Å². The summed E-state index contributed by atoms with van der Waals surface area (Å²) in [4.78, 5) is 0.0865. The van der Waals surface area contributed by atoms with Crippen molar-refractivity contribution in [2.24, 2.45) is 0 Å². The molecule has 1 N–H and O–H groups in total. The molecule has 0 saturated heterocycles. The molecule has 7 heteroatoms. The van der Waals surface area contributed by atoms with E-state index < -0.39 is 10.0 Å². The van der Waals surface area contributed by atoms with E-state index in [0.717, 1.165) is 5.75 Å². The monoisotopic (exact) mass is 349 g/mol. The number of nitrogens with one attached hydrogen (secondary N) is 1. The number of benzene rings is 1. The first-order valence-corrected chi connectivity index (χ1v) is 9.89. The molecule has 1 aliphatic carbocycles. The summed E-state index contributed by atoms with van der Waals surface area (Å²) in [6.45, 7) is 0.416. The maximum atomic E-state index is 12.3. The minimum Gasteiger partial charge on any atom is -0.495 e. The average Bonchev–Trinajstić information content (AvgIpc) is 2.97. The van der Waals surface area contributed by atoms with Gasteiger partial charge in [0.2, 0.25) is 10.0 Å². The molecule has 0 spiro atoms. The molecule has 0 amide bonds. The van der Waals surface area contributed by atoms with Crippen molar-refractivity contribution >= 4 is 33.4 Å². The van der Waals surface area contributed by atoms with E-state index >= 15 is 0 Å².